The van der Waals surface area contributed by atoms with Gasteiger partial charge in [0.05, 0.1) is 12.2 Å². The van der Waals surface area contributed by atoms with Crippen LogP contribution in [0.4, 0.5) is 10.1 Å². The predicted molar refractivity (Wildman–Crippen MR) is 83.8 cm³/mol. The van der Waals surface area contributed by atoms with Gasteiger partial charge in [-0.2, -0.15) is 0 Å². The number of aromatic amines is 1. The fourth-order valence-electron chi connectivity index (χ4n) is 2.28. The molecular formula is C17H15FN2O2. The molecule has 112 valence electrons. The summed E-state index contributed by atoms with van der Waals surface area (Å²) in [6.07, 6.45) is 1.58. The van der Waals surface area contributed by atoms with Crippen molar-refractivity contribution in [2.75, 3.05) is 11.9 Å². The van der Waals surface area contributed by atoms with Gasteiger partial charge in [-0.15, -0.1) is 0 Å². The highest BCUT2D eigenvalue weighted by Gasteiger charge is 2.13. The molecule has 4 nitrogen and oxygen atoms in total. The topological polar surface area (TPSA) is 54.1 Å². The summed E-state index contributed by atoms with van der Waals surface area (Å²) < 4.78 is 18.7. The Hall–Kier alpha value is -2.82. The first-order valence-corrected chi connectivity index (χ1v) is 6.98. The summed E-state index contributed by atoms with van der Waals surface area (Å²) in [7, 11) is 0. The summed E-state index contributed by atoms with van der Waals surface area (Å²) in [6, 6.07) is 11.4. The van der Waals surface area contributed by atoms with Crippen molar-refractivity contribution in [3.63, 3.8) is 0 Å². The molecule has 22 heavy (non-hydrogen) atoms. The van der Waals surface area contributed by atoms with Crippen molar-refractivity contribution >= 4 is 22.5 Å². The molecule has 0 unspecified atom stereocenters. The molecule has 0 spiro atoms. The second kappa shape index (κ2) is 5.89. The number of ether oxygens (including phenoxy) is 1. The van der Waals surface area contributed by atoms with Gasteiger partial charge in [0.25, 0.3) is 5.91 Å². The zero-order chi connectivity index (χ0) is 15.5. The maximum absolute atomic E-state index is 13.3. The van der Waals surface area contributed by atoms with Crippen molar-refractivity contribution in [1.82, 2.24) is 4.98 Å². The molecule has 3 aromatic rings. The molecule has 0 aliphatic heterocycles. The Morgan fingerprint density at radius 1 is 1.23 bits per heavy atom. The lowest BCUT2D eigenvalue weighted by Gasteiger charge is -2.06. The van der Waals surface area contributed by atoms with Gasteiger partial charge in [0.1, 0.15) is 11.6 Å². The van der Waals surface area contributed by atoms with Gasteiger partial charge in [0.15, 0.2) is 0 Å². The molecule has 0 atom stereocenters. The van der Waals surface area contributed by atoms with Crippen LogP contribution in [0, 0.1) is 5.82 Å². The zero-order valence-electron chi connectivity index (χ0n) is 12.0. The minimum absolute atomic E-state index is 0.291. The Kier molecular flexibility index (Phi) is 3.78. The monoisotopic (exact) mass is 298 g/mol. The van der Waals surface area contributed by atoms with E-state index in [2.05, 4.69) is 10.3 Å². The number of anilines is 1. The van der Waals surface area contributed by atoms with Crippen LogP contribution < -0.4 is 10.1 Å². The first kappa shape index (κ1) is 14.1. The lowest BCUT2D eigenvalue weighted by molar-refractivity contribution is 0.102. The third-order valence-corrected chi connectivity index (χ3v) is 3.31. The van der Waals surface area contributed by atoms with Gasteiger partial charge < -0.3 is 15.0 Å². The van der Waals surface area contributed by atoms with E-state index in [0.29, 0.717) is 23.2 Å². The molecule has 5 heteroatoms. The Balaban J connectivity index is 1.82. The first-order valence-electron chi connectivity index (χ1n) is 6.98. The third kappa shape index (κ3) is 2.79. The van der Waals surface area contributed by atoms with Gasteiger partial charge in [0.2, 0.25) is 0 Å². The van der Waals surface area contributed by atoms with Crippen LogP contribution in [0.2, 0.25) is 0 Å². The van der Waals surface area contributed by atoms with Gasteiger partial charge in [-0.05, 0) is 49.4 Å². The van der Waals surface area contributed by atoms with E-state index in [0.717, 1.165) is 11.3 Å². The van der Waals surface area contributed by atoms with Gasteiger partial charge >= 0.3 is 0 Å². The number of H-pyrrole nitrogens is 1. The molecule has 0 radical (unpaired) electrons. The van der Waals surface area contributed by atoms with Crippen LogP contribution >= 0.6 is 0 Å². The predicted octanol–water partition coefficient (Wildman–Crippen LogP) is 3.96. The smallest absolute Gasteiger partial charge is 0.257 e. The molecule has 0 aliphatic carbocycles. The molecule has 2 N–H and O–H groups in total. The minimum atomic E-state index is -0.373. The second-order valence-corrected chi connectivity index (χ2v) is 4.80. The Labute approximate surface area is 126 Å². The number of carbonyl (C=O) groups is 1. The van der Waals surface area contributed by atoms with Crippen molar-refractivity contribution in [2.24, 2.45) is 0 Å². The summed E-state index contributed by atoms with van der Waals surface area (Å²) in [5, 5.41) is 3.35. The van der Waals surface area contributed by atoms with E-state index in [1.807, 2.05) is 6.92 Å². The number of hydrogen-bond acceptors (Lipinski definition) is 2. The van der Waals surface area contributed by atoms with E-state index in [4.69, 9.17) is 4.74 Å². The van der Waals surface area contributed by atoms with Crippen molar-refractivity contribution in [2.45, 2.75) is 6.92 Å². The van der Waals surface area contributed by atoms with Crippen LogP contribution in [0.5, 0.6) is 5.75 Å². The van der Waals surface area contributed by atoms with Crippen LogP contribution in [-0.4, -0.2) is 17.5 Å². The molecule has 0 saturated heterocycles. The van der Waals surface area contributed by atoms with E-state index < -0.39 is 0 Å². The number of nitrogens with one attached hydrogen (secondary N) is 2. The molecule has 3 rings (SSSR count). The number of amides is 1. The maximum Gasteiger partial charge on any atom is 0.257 e. The highest BCUT2D eigenvalue weighted by Crippen LogP contribution is 2.21. The van der Waals surface area contributed by atoms with E-state index in [9.17, 15) is 9.18 Å². The average molecular weight is 298 g/mol. The Morgan fingerprint density at radius 2 is 2.00 bits per heavy atom. The summed E-state index contributed by atoms with van der Waals surface area (Å²) in [4.78, 5) is 15.3. The molecule has 2 aromatic carbocycles. The fourth-order valence-corrected chi connectivity index (χ4v) is 2.28. The van der Waals surface area contributed by atoms with E-state index >= 15 is 0 Å². The van der Waals surface area contributed by atoms with E-state index in [1.54, 1.807) is 36.5 Å². The zero-order valence-corrected chi connectivity index (χ0v) is 12.0. The first-order chi connectivity index (χ1) is 10.7. The second-order valence-electron chi connectivity index (χ2n) is 4.80. The number of halogens is 1. The molecule has 0 bridgehead atoms. The number of carbonyl (C=O) groups excluding carboxylic acids is 1. The molecule has 1 amide bonds. The normalized spacial score (nSPS) is 10.6. The van der Waals surface area contributed by atoms with Crippen LogP contribution in [0.1, 0.15) is 17.3 Å². The molecule has 0 fully saturated rings. The third-order valence-electron chi connectivity index (χ3n) is 3.31. The molecule has 0 saturated carbocycles. The van der Waals surface area contributed by atoms with Crippen molar-refractivity contribution < 1.29 is 13.9 Å². The molecular weight excluding hydrogens is 283 g/mol. The quantitative estimate of drug-likeness (QED) is 0.766. The van der Waals surface area contributed by atoms with Crippen molar-refractivity contribution in [3.05, 3.63) is 60.0 Å². The summed E-state index contributed by atoms with van der Waals surface area (Å²) in [5.74, 6) is 0.0814. The SMILES string of the molecule is CCOc1ccc(NC(=O)c2c[nH]c3ccc(F)cc23)cc1. The van der Waals surface area contributed by atoms with Crippen LogP contribution in [0.15, 0.2) is 48.7 Å². The number of fused-ring (bicyclic) bond motifs is 1. The van der Waals surface area contributed by atoms with Crippen LogP contribution in [0.25, 0.3) is 10.9 Å². The summed E-state index contributed by atoms with van der Waals surface area (Å²) in [5.41, 5.74) is 1.78. The number of benzene rings is 2. The average Bonchev–Trinajstić information content (AvgIpc) is 2.92. The van der Waals surface area contributed by atoms with Crippen molar-refractivity contribution in [3.8, 4) is 5.75 Å². The standard InChI is InChI=1S/C17H15FN2O2/c1-2-22-13-6-4-12(5-7-13)20-17(21)15-10-19-16-8-3-11(18)9-14(15)16/h3-10,19H,2H2,1H3,(H,20,21). The van der Waals surface area contributed by atoms with Gasteiger partial charge in [-0.1, -0.05) is 0 Å². The molecule has 1 aromatic heterocycles. The van der Waals surface area contributed by atoms with Crippen molar-refractivity contribution in [1.29, 1.82) is 0 Å². The largest absolute Gasteiger partial charge is 0.494 e. The van der Waals surface area contributed by atoms with Gasteiger partial charge in [-0.25, -0.2) is 4.39 Å². The van der Waals surface area contributed by atoms with Crippen LogP contribution in [-0.2, 0) is 0 Å². The summed E-state index contributed by atoms with van der Waals surface area (Å²) >= 11 is 0. The maximum atomic E-state index is 13.3. The van der Waals surface area contributed by atoms with Gasteiger partial charge in [0, 0.05) is 22.8 Å². The van der Waals surface area contributed by atoms with Crippen LogP contribution in [0.3, 0.4) is 0 Å². The molecule has 1 heterocycles. The number of hydrogen-bond donors (Lipinski definition) is 2. The number of aromatic nitrogens is 1. The van der Waals surface area contributed by atoms with Gasteiger partial charge in [-0.3, -0.25) is 4.79 Å². The highest BCUT2D eigenvalue weighted by atomic mass is 19.1. The lowest BCUT2D eigenvalue weighted by Crippen LogP contribution is -2.11. The Morgan fingerprint density at radius 3 is 2.73 bits per heavy atom. The van der Waals surface area contributed by atoms with E-state index in [-0.39, 0.29) is 11.7 Å². The fraction of sp³-hybridized carbons (Fsp3) is 0.118. The summed E-state index contributed by atoms with van der Waals surface area (Å²) in [6.45, 7) is 2.50. The van der Waals surface area contributed by atoms with E-state index in [1.165, 1.54) is 12.1 Å². The minimum Gasteiger partial charge on any atom is -0.494 e. The lowest BCUT2D eigenvalue weighted by atomic mass is 10.1. The highest BCUT2D eigenvalue weighted by molar-refractivity contribution is 6.12. The number of rotatable bonds is 4. The Bertz CT molecular complexity index is 809. The molecule has 0 aliphatic rings.